The Labute approximate surface area is 447 Å². The van der Waals surface area contributed by atoms with Crippen LogP contribution < -0.4 is 0 Å². The van der Waals surface area contributed by atoms with Crippen LogP contribution in [0.1, 0.15) is 5.56 Å². The summed E-state index contributed by atoms with van der Waals surface area (Å²) >= 11 is 0. The van der Waals surface area contributed by atoms with Gasteiger partial charge in [-0.1, -0.05) is 120 Å². The summed E-state index contributed by atoms with van der Waals surface area (Å²) in [7, 11) is 0. The predicted octanol–water partition coefficient (Wildman–Crippen LogP) is 15.1. The summed E-state index contributed by atoms with van der Waals surface area (Å²) in [5.74, 6) is 1.21. The summed E-state index contributed by atoms with van der Waals surface area (Å²) in [5, 5.41) is 10.5. The Hall–Kier alpha value is -9.96. The van der Waals surface area contributed by atoms with Crippen LogP contribution in [0.15, 0.2) is 231 Å². The molecule has 9 nitrogen and oxygen atoms in total. The first-order valence-electron chi connectivity index (χ1n) is 23.8. The summed E-state index contributed by atoms with van der Waals surface area (Å²) < 4.78 is 3.83. The largest absolute Gasteiger partial charge is 3.00 e. The molecule has 5 aromatic heterocycles. The first kappa shape index (κ1) is 47.4. The van der Waals surface area contributed by atoms with Gasteiger partial charge in [0, 0.05) is 54.5 Å². The first-order chi connectivity index (χ1) is 36.6. The van der Waals surface area contributed by atoms with E-state index in [1.807, 2.05) is 119 Å². The summed E-state index contributed by atoms with van der Waals surface area (Å²) in [6.07, 6.45) is 12.5. The van der Waals surface area contributed by atoms with Gasteiger partial charge in [-0.2, -0.15) is 5.26 Å². The van der Waals surface area contributed by atoms with Gasteiger partial charge in [0.2, 0.25) is 0 Å². The molecular weight excluding hydrogens is 1100 g/mol. The zero-order valence-electron chi connectivity index (χ0n) is 39.8. The summed E-state index contributed by atoms with van der Waals surface area (Å²) in [6, 6.07) is 75.2. The molecule has 0 amide bonds. The van der Waals surface area contributed by atoms with Crippen LogP contribution >= 0.6 is 0 Å². The van der Waals surface area contributed by atoms with Gasteiger partial charge in [-0.3, -0.25) is 4.85 Å². The van der Waals surface area contributed by atoms with E-state index in [2.05, 4.69) is 130 Å². The van der Waals surface area contributed by atoms with Crippen molar-refractivity contribution in [1.29, 1.82) is 5.26 Å². The molecule has 352 valence electrons. The molecule has 75 heavy (non-hydrogen) atoms. The monoisotopic (exact) mass is 1140 g/mol. The minimum Gasteiger partial charge on any atom is -0.351 e. The van der Waals surface area contributed by atoms with Gasteiger partial charge in [0.15, 0.2) is 0 Å². The Balaban J connectivity index is 0.00000602. The van der Waals surface area contributed by atoms with Gasteiger partial charge in [-0.05, 0) is 104 Å². The van der Waals surface area contributed by atoms with Gasteiger partial charge in [-0.25, -0.2) is 9.97 Å². The minimum absolute atomic E-state index is 0. The number of hydrogen-bond acceptors (Lipinski definition) is 6. The topological polar surface area (TPSA) is 102 Å². The number of pyridine rings is 3. The molecule has 0 N–H and O–H groups in total. The molecule has 0 aliphatic carbocycles. The van der Waals surface area contributed by atoms with E-state index in [9.17, 15) is 5.26 Å². The van der Waals surface area contributed by atoms with Crippen LogP contribution in [-0.4, -0.2) is 34.1 Å². The molecule has 0 atom stereocenters. The molecule has 0 bridgehead atoms. The van der Waals surface area contributed by atoms with Crippen molar-refractivity contribution < 1.29 is 20.1 Å². The SMILES string of the molecule is [C-]#[N+]c1cc(-c2ccccn2)[c-]cc1-n1ccnc1-c1cc(-c2ccccc2-c2c[c-]c(-c3cc(-c4ccc(-c5ccccc5)cc4)ccn3)cc2)cc(-c2nccn2-c2c[c-]c(-c3ccccn3)cc2C#N)c1.[Ir+3]. The molecule has 0 unspecified atom stereocenters. The summed E-state index contributed by atoms with van der Waals surface area (Å²) in [4.78, 5) is 27.6. The van der Waals surface area contributed by atoms with E-state index in [0.29, 0.717) is 39.8 Å². The number of rotatable bonds is 11. The van der Waals surface area contributed by atoms with E-state index in [4.69, 9.17) is 21.5 Å². The third kappa shape index (κ3) is 9.50. The number of hydrogen-bond donors (Lipinski definition) is 0. The molecule has 0 spiro atoms. The molecule has 0 saturated heterocycles. The van der Waals surface area contributed by atoms with Crippen LogP contribution in [0.3, 0.4) is 0 Å². The first-order valence-corrected chi connectivity index (χ1v) is 23.8. The van der Waals surface area contributed by atoms with Gasteiger partial charge in [0.25, 0.3) is 0 Å². The number of aromatic nitrogens is 7. The molecule has 12 rings (SSSR count). The normalized spacial score (nSPS) is 10.8. The van der Waals surface area contributed by atoms with Crippen molar-refractivity contribution in [3.05, 3.63) is 267 Å². The van der Waals surface area contributed by atoms with E-state index in [0.717, 1.165) is 72.7 Å². The molecule has 0 aliphatic rings. The Morgan fingerprint density at radius 1 is 0.413 bits per heavy atom. The third-order valence-electron chi connectivity index (χ3n) is 12.9. The van der Waals surface area contributed by atoms with Crippen LogP contribution in [0.2, 0.25) is 0 Å². The van der Waals surface area contributed by atoms with Gasteiger partial charge < -0.3 is 24.1 Å². The summed E-state index contributed by atoms with van der Waals surface area (Å²) in [6.45, 7) is 8.25. The second-order valence-electron chi connectivity index (χ2n) is 17.4. The van der Waals surface area contributed by atoms with Crippen LogP contribution in [0.5, 0.6) is 0 Å². The Morgan fingerprint density at radius 3 is 1.56 bits per heavy atom. The molecule has 0 aliphatic heterocycles. The smallest absolute Gasteiger partial charge is 0.351 e. The van der Waals surface area contributed by atoms with E-state index in [1.54, 1.807) is 30.9 Å². The number of benzene rings is 7. The van der Waals surface area contributed by atoms with Gasteiger partial charge in [0.05, 0.1) is 12.6 Å². The molecule has 5 heterocycles. The quantitative estimate of drug-likeness (QED) is 0.120. The maximum atomic E-state index is 10.5. The van der Waals surface area contributed by atoms with Crippen molar-refractivity contribution in [1.82, 2.24) is 34.1 Å². The van der Waals surface area contributed by atoms with Crippen LogP contribution in [0, 0.1) is 36.1 Å². The average molecular weight is 1140 g/mol. The Morgan fingerprint density at radius 2 is 0.947 bits per heavy atom. The van der Waals surface area contributed by atoms with Crippen molar-refractivity contribution in [3.8, 4) is 118 Å². The minimum atomic E-state index is 0. The third-order valence-corrected chi connectivity index (χ3v) is 12.9. The molecule has 10 heteroatoms. The fourth-order valence-corrected chi connectivity index (χ4v) is 9.31. The standard InChI is InChI=1S/C65H38N9.Ir/c1-67-61-42-51(59-16-8-10-31-69-59)26-28-63(61)74-36-34-72-65(74)54-39-52(38-53(40-54)64-71-33-35-73(64)62-27-25-50(37-55(62)43-66)58-15-7-9-30-68-58)57-14-6-5-13-56(57)47-21-23-48(24-22-47)60-41-49(29-32-70-60)46-19-17-45(18-20-46)44-11-3-2-4-12-44;/h2-23,27-42H;/q-3;+3. The van der Waals surface area contributed by atoms with Crippen LogP contribution in [0.25, 0.3) is 117 Å². The molecular formula is C65H38IrN9. The van der Waals surface area contributed by atoms with Gasteiger partial charge in [-0.15, -0.1) is 77.4 Å². The maximum Gasteiger partial charge on any atom is 3.00 e. The van der Waals surface area contributed by atoms with Gasteiger partial charge in [0.1, 0.15) is 17.3 Å². The zero-order chi connectivity index (χ0) is 49.8. The van der Waals surface area contributed by atoms with Gasteiger partial charge >= 0.3 is 20.1 Å². The summed E-state index contributed by atoms with van der Waals surface area (Å²) in [5.41, 5.74) is 16.6. The van der Waals surface area contributed by atoms with E-state index >= 15 is 0 Å². The Kier molecular flexibility index (Phi) is 13.3. The fourth-order valence-electron chi connectivity index (χ4n) is 9.31. The number of nitrogens with zero attached hydrogens (tertiary/aromatic N) is 9. The number of nitriles is 1. The predicted molar refractivity (Wildman–Crippen MR) is 290 cm³/mol. The molecule has 0 fully saturated rings. The van der Waals surface area contributed by atoms with E-state index in [1.165, 1.54) is 11.1 Å². The molecule has 0 saturated carbocycles. The van der Waals surface area contributed by atoms with Crippen LogP contribution in [-0.2, 0) is 20.1 Å². The Bertz CT molecular complexity index is 3920. The second-order valence-corrected chi connectivity index (χ2v) is 17.4. The second kappa shape index (κ2) is 21.0. The van der Waals surface area contributed by atoms with E-state index < -0.39 is 0 Å². The van der Waals surface area contributed by atoms with E-state index in [-0.39, 0.29) is 20.1 Å². The average Bonchev–Trinajstić information content (AvgIpc) is 4.20. The fraction of sp³-hybridized carbons (Fsp3) is 0. The van der Waals surface area contributed by atoms with Crippen molar-refractivity contribution in [2.45, 2.75) is 0 Å². The van der Waals surface area contributed by atoms with Crippen molar-refractivity contribution in [2.75, 3.05) is 0 Å². The molecule has 7 aromatic carbocycles. The molecule has 0 radical (unpaired) electrons. The van der Waals surface area contributed by atoms with Crippen molar-refractivity contribution >= 4 is 5.69 Å². The maximum absolute atomic E-state index is 10.5. The van der Waals surface area contributed by atoms with Crippen LogP contribution in [0.4, 0.5) is 5.69 Å². The van der Waals surface area contributed by atoms with Crippen molar-refractivity contribution in [3.63, 3.8) is 0 Å². The van der Waals surface area contributed by atoms with Crippen molar-refractivity contribution in [2.24, 2.45) is 0 Å². The molecule has 12 aromatic rings. The zero-order valence-corrected chi connectivity index (χ0v) is 42.2. The number of imidazole rings is 2.